The Hall–Kier alpha value is -1.59. The maximum Gasteiger partial charge on any atom is 0.132 e. The van der Waals surface area contributed by atoms with E-state index in [1.165, 1.54) is 5.39 Å². The Bertz CT molecular complexity index is 726. The molecule has 0 atom stereocenters. The van der Waals surface area contributed by atoms with Crippen LogP contribution in [0.5, 0.6) is 0 Å². The van der Waals surface area contributed by atoms with Crippen LogP contribution in [0.15, 0.2) is 35.1 Å². The third-order valence-electron chi connectivity index (χ3n) is 3.36. The number of aromatic nitrogens is 3. The van der Waals surface area contributed by atoms with Crippen LogP contribution >= 0.6 is 15.9 Å². The van der Waals surface area contributed by atoms with Gasteiger partial charge in [-0.1, -0.05) is 18.2 Å². The first-order valence-electron chi connectivity index (χ1n) is 6.20. The van der Waals surface area contributed by atoms with Gasteiger partial charge in [-0.15, -0.1) is 0 Å². The van der Waals surface area contributed by atoms with Crippen LogP contribution in [-0.2, 0) is 13.5 Å². The molecule has 1 aromatic carbocycles. The second-order valence-corrected chi connectivity index (χ2v) is 5.26. The average molecular weight is 319 g/mol. The van der Waals surface area contributed by atoms with Gasteiger partial charge in [0.25, 0.3) is 0 Å². The Labute approximate surface area is 119 Å². The molecule has 0 spiro atoms. The first kappa shape index (κ1) is 12.4. The van der Waals surface area contributed by atoms with Crippen molar-refractivity contribution < 1.29 is 0 Å². The molecule has 0 aliphatic rings. The molecule has 0 amide bonds. The van der Waals surface area contributed by atoms with Gasteiger partial charge in [-0.05, 0) is 28.5 Å². The van der Waals surface area contributed by atoms with E-state index >= 15 is 0 Å². The summed E-state index contributed by atoms with van der Waals surface area (Å²) in [6.45, 7) is 0.602. The zero-order chi connectivity index (χ0) is 13.4. The lowest BCUT2D eigenvalue weighted by atomic mass is 10.1. The second-order valence-electron chi connectivity index (χ2n) is 4.51. The van der Waals surface area contributed by atoms with Gasteiger partial charge >= 0.3 is 0 Å². The lowest BCUT2D eigenvalue weighted by Crippen LogP contribution is -2.08. The molecule has 19 heavy (non-hydrogen) atoms. The van der Waals surface area contributed by atoms with E-state index in [2.05, 4.69) is 42.6 Å². The molecule has 98 valence electrons. The molecule has 3 aromatic rings. The maximum absolute atomic E-state index is 5.62. The summed E-state index contributed by atoms with van der Waals surface area (Å²) in [6.07, 6.45) is 2.80. The predicted octanol–water partition coefficient (Wildman–Crippen LogP) is 2.83. The van der Waals surface area contributed by atoms with Crippen molar-refractivity contribution in [2.45, 2.75) is 6.42 Å². The van der Waals surface area contributed by atoms with Crippen LogP contribution in [0.3, 0.4) is 0 Å². The maximum atomic E-state index is 5.62. The van der Waals surface area contributed by atoms with Crippen LogP contribution in [0, 0.1) is 0 Å². The summed E-state index contributed by atoms with van der Waals surface area (Å²) in [7, 11) is 2.03. The highest BCUT2D eigenvalue weighted by molar-refractivity contribution is 9.10. The third-order valence-corrected chi connectivity index (χ3v) is 3.91. The van der Waals surface area contributed by atoms with Gasteiger partial charge in [0.2, 0.25) is 0 Å². The molecule has 4 nitrogen and oxygen atoms in total. The van der Waals surface area contributed by atoms with Gasteiger partial charge < -0.3 is 15.3 Å². The topological polar surface area (TPSA) is 59.6 Å². The number of rotatable bonds is 3. The summed E-state index contributed by atoms with van der Waals surface area (Å²) in [5, 5.41) is 1.20. The quantitative estimate of drug-likeness (QED) is 0.780. The molecule has 0 radical (unpaired) electrons. The van der Waals surface area contributed by atoms with Gasteiger partial charge in [0.05, 0.1) is 5.69 Å². The summed E-state index contributed by atoms with van der Waals surface area (Å²) in [5.74, 6) is 0.995. The van der Waals surface area contributed by atoms with Crippen LogP contribution in [0.1, 0.15) is 5.82 Å². The molecule has 0 bridgehead atoms. The molecule has 2 heterocycles. The molecule has 0 aliphatic carbocycles. The zero-order valence-corrected chi connectivity index (χ0v) is 12.2. The molecule has 3 rings (SSSR count). The minimum Gasteiger partial charge on any atom is -0.360 e. The lowest BCUT2D eigenvalue weighted by Gasteiger charge is -2.04. The molecule has 0 saturated heterocycles. The highest BCUT2D eigenvalue weighted by atomic mass is 79.9. The van der Waals surface area contributed by atoms with Crippen LogP contribution in [0.2, 0.25) is 0 Å². The van der Waals surface area contributed by atoms with Crippen LogP contribution < -0.4 is 5.73 Å². The van der Waals surface area contributed by atoms with Crippen molar-refractivity contribution in [2.75, 3.05) is 6.54 Å². The van der Waals surface area contributed by atoms with Crippen molar-refractivity contribution in [2.24, 2.45) is 12.8 Å². The molecule has 0 aliphatic heterocycles. The SMILES string of the molecule is Cn1c(CCN)nc(Br)c1-c1c[nH]c2ccccc12. The van der Waals surface area contributed by atoms with Gasteiger partial charge in [-0.25, -0.2) is 4.98 Å². The van der Waals surface area contributed by atoms with Crippen LogP contribution in [0.25, 0.3) is 22.2 Å². The van der Waals surface area contributed by atoms with E-state index in [9.17, 15) is 0 Å². The minimum absolute atomic E-state index is 0.602. The van der Waals surface area contributed by atoms with Crippen molar-refractivity contribution in [3.05, 3.63) is 40.9 Å². The summed E-state index contributed by atoms with van der Waals surface area (Å²) in [4.78, 5) is 7.84. The van der Waals surface area contributed by atoms with Crippen molar-refractivity contribution in [3.8, 4) is 11.3 Å². The number of imidazole rings is 1. The molecule has 0 unspecified atom stereocenters. The smallest absolute Gasteiger partial charge is 0.132 e. The third kappa shape index (κ3) is 1.99. The van der Waals surface area contributed by atoms with E-state index in [-0.39, 0.29) is 0 Å². The number of aromatic amines is 1. The number of fused-ring (bicyclic) bond motifs is 1. The second kappa shape index (κ2) is 4.83. The van der Waals surface area contributed by atoms with Gasteiger partial charge in [0, 0.05) is 36.1 Å². The fourth-order valence-corrected chi connectivity index (χ4v) is 3.10. The summed E-state index contributed by atoms with van der Waals surface area (Å²) in [6, 6.07) is 8.26. The number of nitrogens with two attached hydrogens (primary N) is 1. The fraction of sp³-hybridized carbons (Fsp3) is 0.214. The Balaban J connectivity index is 2.21. The molecule has 5 heteroatoms. The standard InChI is InChI=1S/C14H15BrN4/c1-19-12(6-7-16)18-14(15)13(19)10-8-17-11-5-3-2-4-9(10)11/h2-5,8,17H,6-7,16H2,1H3. The monoisotopic (exact) mass is 318 g/mol. The van der Waals surface area contributed by atoms with Crippen LogP contribution in [0.4, 0.5) is 0 Å². The van der Waals surface area contributed by atoms with E-state index in [1.807, 2.05) is 25.4 Å². The van der Waals surface area contributed by atoms with E-state index in [1.54, 1.807) is 0 Å². The van der Waals surface area contributed by atoms with Crippen molar-refractivity contribution in [3.63, 3.8) is 0 Å². The Kier molecular flexibility index (Phi) is 3.16. The molecule has 0 saturated carbocycles. The molecule has 2 aromatic heterocycles. The number of hydrogen-bond donors (Lipinski definition) is 2. The Morgan fingerprint density at radius 1 is 1.37 bits per heavy atom. The summed E-state index contributed by atoms with van der Waals surface area (Å²) >= 11 is 3.56. The van der Waals surface area contributed by atoms with Gasteiger partial charge in [-0.3, -0.25) is 0 Å². The van der Waals surface area contributed by atoms with Crippen molar-refractivity contribution in [1.82, 2.24) is 14.5 Å². The first-order valence-corrected chi connectivity index (χ1v) is 6.99. The number of benzene rings is 1. The number of nitrogens with one attached hydrogen (secondary N) is 1. The molecular formula is C14H15BrN4. The largest absolute Gasteiger partial charge is 0.360 e. The highest BCUT2D eigenvalue weighted by Crippen LogP contribution is 2.33. The predicted molar refractivity (Wildman–Crippen MR) is 81.0 cm³/mol. The minimum atomic E-state index is 0.602. The zero-order valence-electron chi connectivity index (χ0n) is 10.7. The number of hydrogen-bond acceptors (Lipinski definition) is 2. The van der Waals surface area contributed by atoms with Gasteiger partial charge in [0.1, 0.15) is 10.4 Å². The van der Waals surface area contributed by atoms with Crippen LogP contribution in [-0.4, -0.2) is 21.1 Å². The fourth-order valence-electron chi connectivity index (χ4n) is 2.42. The van der Waals surface area contributed by atoms with Gasteiger partial charge in [-0.2, -0.15) is 0 Å². The normalized spacial score (nSPS) is 11.3. The number of H-pyrrole nitrogens is 1. The van der Waals surface area contributed by atoms with E-state index in [4.69, 9.17) is 5.73 Å². The molecule has 3 N–H and O–H groups in total. The average Bonchev–Trinajstić information content (AvgIpc) is 2.93. The Morgan fingerprint density at radius 3 is 2.95 bits per heavy atom. The summed E-state index contributed by atoms with van der Waals surface area (Å²) < 4.78 is 2.97. The van der Waals surface area contributed by atoms with E-state index < -0.39 is 0 Å². The number of nitrogens with zero attached hydrogens (tertiary/aromatic N) is 2. The van der Waals surface area contributed by atoms with E-state index in [0.29, 0.717) is 6.54 Å². The van der Waals surface area contributed by atoms with Gasteiger partial charge in [0.15, 0.2) is 0 Å². The lowest BCUT2D eigenvalue weighted by molar-refractivity contribution is 0.782. The van der Waals surface area contributed by atoms with Crippen molar-refractivity contribution in [1.29, 1.82) is 0 Å². The number of para-hydroxylation sites is 1. The van der Waals surface area contributed by atoms with E-state index in [0.717, 1.165) is 33.6 Å². The molecule has 0 fully saturated rings. The molecular weight excluding hydrogens is 304 g/mol. The number of halogens is 1. The highest BCUT2D eigenvalue weighted by Gasteiger charge is 2.16. The van der Waals surface area contributed by atoms with Crippen molar-refractivity contribution >= 4 is 26.8 Å². The first-order chi connectivity index (χ1) is 9.22. The Morgan fingerprint density at radius 2 is 2.16 bits per heavy atom. The summed E-state index contributed by atoms with van der Waals surface area (Å²) in [5.41, 5.74) is 8.99.